The summed E-state index contributed by atoms with van der Waals surface area (Å²) in [7, 11) is 1.72. The number of nitrogens with two attached hydrogens (primary N) is 1. The van der Waals surface area contributed by atoms with E-state index in [1.54, 1.807) is 7.05 Å². The first-order valence-electron chi connectivity index (χ1n) is 3.33. The van der Waals surface area contributed by atoms with Gasteiger partial charge in [-0.25, -0.2) is 0 Å². The Bertz CT molecular complexity index is 262. The minimum absolute atomic E-state index is 0.526. The lowest BCUT2D eigenvalue weighted by Crippen LogP contribution is -1.99. The topological polar surface area (TPSA) is 69.6 Å². The smallest absolute Gasteiger partial charge is 0.197 e. The molecular weight excluding hydrogens is 142 g/mol. The summed E-state index contributed by atoms with van der Waals surface area (Å²) in [6.07, 6.45) is 1.81. The van der Waals surface area contributed by atoms with E-state index in [1.807, 2.05) is 13.0 Å². The molecule has 0 saturated carbocycles. The van der Waals surface area contributed by atoms with E-state index in [1.165, 1.54) is 4.80 Å². The van der Waals surface area contributed by atoms with Crippen molar-refractivity contribution in [3.05, 3.63) is 11.4 Å². The first-order valence-corrected chi connectivity index (χ1v) is 3.33. The van der Waals surface area contributed by atoms with E-state index in [2.05, 4.69) is 15.4 Å². The van der Waals surface area contributed by atoms with Crippen LogP contribution >= 0.6 is 0 Å². The Balaban J connectivity index is 2.78. The maximum atomic E-state index is 5.38. The van der Waals surface area contributed by atoms with Crippen LogP contribution in [-0.2, 0) is 7.05 Å². The monoisotopic (exact) mass is 153 g/mol. The summed E-state index contributed by atoms with van der Waals surface area (Å²) in [6, 6.07) is 0. The Hall–Kier alpha value is -1.23. The van der Waals surface area contributed by atoms with Crippen molar-refractivity contribution < 1.29 is 0 Å². The van der Waals surface area contributed by atoms with Crippen LogP contribution in [0.5, 0.6) is 0 Å². The van der Waals surface area contributed by atoms with E-state index >= 15 is 0 Å². The molecule has 2 N–H and O–H groups in total. The highest BCUT2D eigenvalue weighted by Gasteiger charge is 1.94. The standard InChI is InChI=1S/C6H11N5/c1-5(4-7)3-6-8-10-11(2)9-6/h3H,4,7H2,1-2H3. The molecule has 0 aromatic carbocycles. The molecule has 0 spiro atoms. The molecule has 1 heterocycles. The van der Waals surface area contributed by atoms with Crippen molar-refractivity contribution in [2.75, 3.05) is 6.54 Å². The van der Waals surface area contributed by atoms with Crippen LogP contribution in [0.1, 0.15) is 12.7 Å². The molecule has 0 atom stereocenters. The SMILES string of the molecule is CC(=Cc1nnn(C)n1)CN. The van der Waals surface area contributed by atoms with Crippen molar-refractivity contribution in [1.82, 2.24) is 20.2 Å². The first-order chi connectivity index (χ1) is 5.22. The Morgan fingerprint density at radius 1 is 1.73 bits per heavy atom. The number of nitrogens with zero attached hydrogens (tertiary/aromatic N) is 4. The van der Waals surface area contributed by atoms with Crippen molar-refractivity contribution >= 4 is 6.08 Å². The summed E-state index contributed by atoms with van der Waals surface area (Å²) in [5.41, 5.74) is 6.42. The normalized spacial score (nSPS) is 12.1. The molecule has 1 aromatic rings. The van der Waals surface area contributed by atoms with Crippen LogP contribution in [-0.4, -0.2) is 26.8 Å². The average Bonchev–Trinajstić information content (AvgIpc) is 2.35. The summed E-state index contributed by atoms with van der Waals surface area (Å²) < 4.78 is 0. The van der Waals surface area contributed by atoms with Gasteiger partial charge in [0.25, 0.3) is 0 Å². The zero-order valence-corrected chi connectivity index (χ0v) is 6.65. The summed E-state index contributed by atoms with van der Waals surface area (Å²) in [5.74, 6) is 0.607. The maximum Gasteiger partial charge on any atom is 0.197 e. The number of aromatic nitrogens is 4. The largest absolute Gasteiger partial charge is 0.327 e. The molecule has 0 bridgehead atoms. The van der Waals surface area contributed by atoms with Crippen LogP contribution in [0.25, 0.3) is 6.08 Å². The Kier molecular flexibility index (Phi) is 2.32. The highest BCUT2D eigenvalue weighted by molar-refractivity contribution is 5.43. The van der Waals surface area contributed by atoms with Gasteiger partial charge in [0.15, 0.2) is 5.82 Å². The minimum atomic E-state index is 0.526. The van der Waals surface area contributed by atoms with Gasteiger partial charge in [0, 0.05) is 6.54 Å². The summed E-state index contributed by atoms with van der Waals surface area (Å²) in [5, 5.41) is 11.4. The van der Waals surface area contributed by atoms with Crippen molar-refractivity contribution in [3.8, 4) is 0 Å². The molecule has 0 amide bonds. The molecule has 0 aliphatic heterocycles. The van der Waals surface area contributed by atoms with Crippen LogP contribution < -0.4 is 5.73 Å². The zero-order valence-electron chi connectivity index (χ0n) is 6.65. The van der Waals surface area contributed by atoms with Gasteiger partial charge >= 0.3 is 0 Å². The summed E-state index contributed by atoms with van der Waals surface area (Å²) >= 11 is 0. The predicted molar refractivity (Wildman–Crippen MR) is 41.5 cm³/mol. The Labute approximate surface area is 64.9 Å². The van der Waals surface area contributed by atoms with Gasteiger partial charge in [-0.05, 0) is 18.2 Å². The van der Waals surface area contributed by atoms with Crippen molar-refractivity contribution in [2.24, 2.45) is 12.8 Å². The van der Waals surface area contributed by atoms with Gasteiger partial charge in [0.2, 0.25) is 0 Å². The summed E-state index contributed by atoms with van der Waals surface area (Å²) in [6.45, 7) is 2.45. The van der Waals surface area contributed by atoms with Crippen LogP contribution in [0, 0.1) is 0 Å². The van der Waals surface area contributed by atoms with Crippen molar-refractivity contribution in [3.63, 3.8) is 0 Å². The third-order valence-corrected chi connectivity index (χ3v) is 1.22. The van der Waals surface area contributed by atoms with E-state index < -0.39 is 0 Å². The van der Waals surface area contributed by atoms with E-state index in [0.717, 1.165) is 5.57 Å². The van der Waals surface area contributed by atoms with Crippen LogP contribution in [0.2, 0.25) is 0 Å². The van der Waals surface area contributed by atoms with Crippen molar-refractivity contribution in [2.45, 2.75) is 6.92 Å². The molecule has 5 nitrogen and oxygen atoms in total. The van der Waals surface area contributed by atoms with Gasteiger partial charge in [-0.15, -0.1) is 10.2 Å². The molecule has 0 unspecified atom stereocenters. The highest BCUT2D eigenvalue weighted by atomic mass is 15.6. The van der Waals surface area contributed by atoms with Crippen LogP contribution in [0.15, 0.2) is 5.57 Å². The number of hydrogen-bond acceptors (Lipinski definition) is 4. The fraction of sp³-hybridized carbons (Fsp3) is 0.500. The quantitative estimate of drug-likeness (QED) is 0.626. The predicted octanol–water partition coefficient (Wildman–Crippen LogP) is -0.428. The molecule has 0 aliphatic carbocycles. The summed E-state index contributed by atoms with van der Waals surface area (Å²) in [4.78, 5) is 1.41. The van der Waals surface area contributed by atoms with E-state index in [4.69, 9.17) is 5.73 Å². The lowest BCUT2D eigenvalue weighted by molar-refractivity contribution is 0.629. The lowest BCUT2D eigenvalue weighted by Gasteiger charge is -1.89. The van der Waals surface area contributed by atoms with Gasteiger partial charge in [-0.1, -0.05) is 5.57 Å². The van der Waals surface area contributed by atoms with Gasteiger partial charge in [-0.2, -0.15) is 4.80 Å². The van der Waals surface area contributed by atoms with E-state index in [9.17, 15) is 0 Å². The second-order valence-corrected chi connectivity index (χ2v) is 2.33. The van der Waals surface area contributed by atoms with Crippen LogP contribution in [0.4, 0.5) is 0 Å². The van der Waals surface area contributed by atoms with Gasteiger partial charge in [0.1, 0.15) is 0 Å². The number of tetrazole rings is 1. The van der Waals surface area contributed by atoms with E-state index in [0.29, 0.717) is 12.4 Å². The molecule has 11 heavy (non-hydrogen) atoms. The molecule has 1 rings (SSSR count). The Morgan fingerprint density at radius 3 is 2.91 bits per heavy atom. The molecular formula is C6H11N5. The molecule has 1 aromatic heterocycles. The molecule has 0 saturated heterocycles. The van der Waals surface area contributed by atoms with Gasteiger partial charge in [-0.3, -0.25) is 0 Å². The zero-order chi connectivity index (χ0) is 8.27. The maximum absolute atomic E-state index is 5.38. The molecule has 60 valence electrons. The fourth-order valence-corrected chi connectivity index (χ4v) is 0.636. The number of hydrogen-bond donors (Lipinski definition) is 1. The molecule has 0 fully saturated rings. The lowest BCUT2D eigenvalue weighted by atomic mass is 10.3. The van der Waals surface area contributed by atoms with Crippen molar-refractivity contribution in [1.29, 1.82) is 0 Å². The molecule has 0 radical (unpaired) electrons. The Morgan fingerprint density at radius 2 is 2.45 bits per heavy atom. The fourth-order valence-electron chi connectivity index (χ4n) is 0.636. The average molecular weight is 153 g/mol. The third-order valence-electron chi connectivity index (χ3n) is 1.22. The van der Waals surface area contributed by atoms with Gasteiger partial charge in [0.05, 0.1) is 7.05 Å². The molecule has 0 aliphatic rings. The second kappa shape index (κ2) is 3.25. The minimum Gasteiger partial charge on any atom is -0.327 e. The number of aryl methyl sites for hydroxylation is 1. The van der Waals surface area contributed by atoms with E-state index in [-0.39, 0.29) is 0 Å². The van der Waals surface area contributed by atoms with Gasteiger partial charge < -0.3 is 5.73 Å². The van der Waals surface area contributed by atoms with Crippen LogP contribution in [0.3, 0.4) is 0 Å². The highest BCUT2D eigenvalue weighted by Crippen LogP contribution is 1.96. The third kappa shape index (κ3) is 2.12. The second-order valence-electron chi connectivity index (χ2n) is 2.33. The number of rotatable bonds is 2. The first kappa shape index (κ1) is 7.87. The molecule has 5 heteroatoms.